The lowest BCUT2D eigenvalue weighted by Gasteiger charge is -2.26. The Morgan fingerprint density at radius 2 is 1.94 bits per heavy atom. The summed E-state index contributed by atoms with van der Waals surface area (Å²) >= 11 is 1.28. The average molecular weight is 291 g/mol. The lowest BCUT2D eigenvalue weighted by Crippen LogP contribution is -2.35. The average Bonchev–Trinajstić information content (AvgIpc) is 2.57. The highest BCUT2D eigenvalue weighted by atomic mass is 32.2. The molecule has 1 N–H and O–H groups in total. The normalized spacial score (nSPS) is 13.3. The van der Waals surface area contributed by atoms with Gasteiger partial charge in [-0.2, -0.15) is 0 Å². The Kier molecular flexibility index (Phi) is 4.59. The molecule has 0 bridgehead atoms. The molecular weight excluding hydrogens is 270 g/mol. The van der Waals surface area contributed by atoms with Crippen molar-refractivity contribution in [3.63, 3.8) is 0 Å². The van der Waals surface area contributed by atoms with Gasteiger partial charge in [0.25, 0.3) is 0 Å². The molecule has 1 aromatic rings. The van der Waals surface area contributed by atoms with Crippen LogP contribution in [-0.2, 0) is 16.6 Å². The highest BCUT2D eigenvalue weighted by Gasteiger charge is 2.29. The summed E-state index contributed by atoms with van der Waals surface area (Å²) in [6.07, 6.45) is 0. The van der Waals surface area contributed by atoms with Crippen LogP contribution < -0.4 is 0 Å². The molecule has 4 nitrogen and oxygen atoms in total. The summed E-state index contributed by atoms with van der Waals surface area (Å²) in [5.41, 5.74) is 0.593. The van der Waals surface area contributed by atoms with Crippen LogP contribution >= 0.6 is 11.3 Å². The highest BCUT2D eigenvalue weighted by molar-refractivity contribution is 7.89. The number of rotatable bonds is 4. The summed E-state index contributed by atoms with van der Waals surface area (Å²) in [5, 5.41) is 11.0. The van der Waals surface area contributed by atoms with Crippen LogP contribution in [0, 0.1) is 12.3 Å². The maximum Gasteiger partial charge on any atom is 0.244 e. The van der Waals surface area contributed by atoms with Crippen molar-refractivity contribution in [2.75, 3.05) is 13.6 Å². The van der Waals surface area contributed by atoms with E-state index in [9.17, 15) is 13.5 Å². The molecule has 104 valence electrons. The van der Waals surface area contributed by atoms with Crippen LogP contribution in [0.4, 0.5) is 0 Å². The predicted octanol–water partition coefficient (Wildman–Crippen LogP) is 2.22. The maximum atomic E-state index is 12.5. The van der Waals surface area contributed by atoms with Gasteiger partial charge in [0.05, 0.1) is 11.5 Å². The fourth-order valence-electron chi connectivity index (χ4n) is 1.85. The summed E-state index contributed by atoms with van der Waals surface area (Å²) in [5.74, 6) is 0. The van der Waals surface area contributed by atoms with Crippen LogP contribution in [0.1, 0.15) is 31.2 Å². The number of aliphatic hydroxyl groups is 1. The Bertz CT molecular complexity index is 512. The van der Waals surface area contributed by atoms with E-state index in [0.717, 1.165) is 0 Å². The van der Waals surface area contributed by atoms with Crippen molar-refractivity contribution < 1.29 is 13.5 Å². The molecule has 0 aliphatic carbocycles. The molecule has 18 heavy (non-hydrogen) atoms. The molecule has 1 aromatic heterocycles. The molecule has 0 aliphatic rings. The second kappa shape index (κ2) is 5.28. The van der Waals surface area contributed by atoms with E-state index in [1.54, 1.807) is 19.4 Å². The fourth-order valence-corrected chi connectivity index (χ4v) is 4.85. The molecule has 0 spiro atoms. The van der Waals surface area contributed by atoms with E-state index in [1.807, 2.05) is 20.8 Å². The van der Waals surface area contributed by atoms with E-state index in [0.29, 0.717) is 17.0 Å². The first kappa shape index (κ1) is 15.6. The zero-order valence-corrected chi connectivity index (χ0v) is 13.2. The van der Waals surface area contributed by atoms with Crippen molar-refractivity contribution in [1.82, 2.24) is 4.31 Å². The van der Waals surface area contributed by atoms with Crippen molar-refractivity contribution in [3.8, 4) is 0 Å². The molecule has 1 rings (SSSR count). The van der Waals surface area contributed by atoms with Crippen molar-refractivity contribution >= 4 is 21.4 Å². The van der Waals surface area contributed by atoms with Gasteiger partial charge in [0.1, 0.15) is 4.90 Å². The van der Waals surface area contributed by atoms with Crippen LogP contribution in [0.2, 0.25) is 0 Å². The molecule has 0 saturated carbocycles. The molecule has 6 heteroatoms. The zero-order valence-electron chi connectivity index (χ0n) is 11.5. The van der Waals surface area contributed by atoms with Gasteiger partial charge in [-0.15, -0.1) is 11.3 Å². The van der Waals surface area contributed by atoms with Gasteiger partial charge in [0, 0.05) is 13.6 Å². The summed E-state index contributed by atoms with van der Waals surface area (Å²) in [4.78, 5) is 0.773. The van der Waals surface area contributed by atoms with Crippen molar-refractivity contribution in [1.29, 1.82) is 0 Å². The number of aliphatic hydroxyl groups excluding tert-OH is 1. The van der Waals surface area contributed by atoms with Gasteiger partial charge in [0.15, 0.2) is 0 Å². The van der Waals surface area contributed by atoms with Crippen LogP contribution in [-0.4, -0.2) is 31.4 Å². The van der Waals surface area contributed by atoms with E-state index in [4.69, 9.17) is 0 Å². The quantitative estimate of drug-likeness (QED) is 0.925. The second-order valence-corrected chi connectivity index (χ2v) is 8.60. The molecule has 0 amide bonds. The Labute approximate surface area is 113 Å². The van der Waals surface area contributed by atoms with Crippen LogP contribution in [0.5, 0.6) is 0 Å². The summed E-state index contributed by atoms with van der Waals surface area (Å²) in [6, 6.07) is 0. The van der Waals surface area contributed by atoms with Gasteiger partial charge in [-0.3, -0.25) is 0 Å². The number of sulfonamides is 1. The van der Waals surface area contributed by atoms with E-state index >= 15 is 0 Å². The number of thiophene rings is 1. The van der Waals surface area contributed by atoms with Crippen LogP contribution in [0.25, 0.3) is 0 Å². The first-order valence-electron chi connectivity index (χ1n) is 5.74. The number of hydrogen-bond acceptors (Lipinski definition) is 4. The molecule has 0 unspecified atom stereocenters. The van der Waals surface area contributed by atoms with Gasteiger partial charge in [-0.25, -0.2) is 12.7 Å². The fraction of sp³-hybridized carbons (Fsp3) is 0.667. The second-order valence-electron chi connectivity index (χ2n) is 5.65. The molecule has 0 saturated heterocycles. The Morgan fingerprint density at radius 1 is 1.39 bits per heavy atom. The lowest BCUT2D eigenvalue weighted by molar-refractivity contribution is 0.281. The third kappa shape index (κ3) is 3.32. The third-order valence-corrected chi connectivity index (χ3v) is 5.75. The molecule has 0 atom stereocenters. The Hall–Kier alpha value is -0.430. The van der Waals surface area contributed by atoms with Gasteiger partial charge < -0.3 is 5.11 Å². The summed E-state index contributed by atoms with van der Waals surface area (Å²) < 4.78 is 26.3. The first-order chi connectivity index (χ1) is 8.09. The Morgan fingerprint density at radius 3 is 2.39 bits per heavy atom. The van der Waals surface area contributed by atoms with Gasteiger partial charge >= 0.3 is 0 Å². The largest absolute Gasteiger partial charge is 0.391 e. The number of aryl methyl sites for hydroxylation is 1. The zero-order chi connectivity index (χ0) is 14.1. The minimum Gasteiger partial charge on any atom is -0.391 e. The minimum atomic E-state index is -3.52. The minimum absolute atomic E-state index is 0.106. The smallest absolute Gasteiger partial charge is 0.244 e. The van der Waals surface area contributed by atoms with E-state index in [1.165, 1.54) is 15.6 Å². The van der Waals surface area contributed by atoms with Gasteiger partial charge in [-0.05, 0) is 23.3 Å². The standard InChI is InChI=1S/C12H21NO3S2/c1-9-7-17-10(6-14)11(9)18(15,16)13(5)8-12(2,3)4/h7,14H,6,8H2,1-5H3. The van der Waals surface area contributed by atoms with Gasteiger partial charge in [-0.1, -0.05) is 20.8 Å². The monoisotopic (exact) mass is 291 g/mol. The SMILES string of the molecule is Cc1csc(CO)c1S(=O)(=O)N(C)CC(C)(C)C. The van der Waals surface area contributed by atoms with Crippen molar-refractivity contribution in [2.24, 2.45) is 5.41 Å². The van der Waals surface area contributed by atoms with E-state index in [2.05, 4.69) is 0 Å². The molecule has 0 aliphatic heterocycles. The molecule has 0 fully saturated rings. The third-order valence-electron chi connectivity index (χ3n) is 2.50. The predicted molar refractivity (Wildman–Crippen MR) is 74.2 cm³/mol. The van der Waals surface area contributed by atoms with Crippen molar-refractivity contribution in [3.05, 3.63) is 15.8 Å². The van der Waals surface area contributed by atoms with Crippen LogP contribution in [0.3, 0.4) is 0 Å². The number of nitrogens with zero attached hydrogens (tertiary/aromatic N) is 1. The van der Waals surface area contributed by atoms with E-state index in [-0.39, 0.29) is 16.9 Å². The topological polar surface area (TPSA) is 57.6 Å². The molecule has 1 heterocycles. The maximum absolute atomic E-state index is 12.5. The molecule has 0 aromatic carbocycles. The van der Waals surface area contributed by atoms with Crippen molar-refractivity contribution in [2.45, 2.75) is 39.2 Å². The summed E-state index contributed by atoms with van der Waals surface area (Å²) in [6.45, 7) is 7.94. The molecular formula is C12H21NO3S2. The van der Waals surface area contributed by atoms with Gasteiger partial charge in [0.2, 0.25) is 10.0 Å². The number of hydrogen-bond donors (Lipinski definition) is 1. The Balaban J connectivity index is 3.17. The highest BCUT2D eigenvalue weighted by Crippen LogP contribution is 2.30. The lowest BCUT2D eigenvalue weighted by atomic mass is 9.97. The van der Waals surface area contributed by atoms with Crippen LogP contribution in [0.15, 0.2) is 10.3 Å². The van der Waals surface area contributed by atoms with E-state index < -0.39 is 10.0 Å². The summed E-state index contributed by atoms with van der Waals surface area (Å²) in [7, 11) is -1.94. The molecule has 0 radical (unpaired) electrons. The first-order valence-corrected chi connectivity index (χ1v) is 8.06.